The first-order valence-electron chi connectivity index (χ1n) is 9.00. The van der Waals surface area contributed by atoms with Crippen LogP contribution >= 0.6 is 7.60 Å². The molecule has 4 atom stereocenters. The Morgan fingerprint density at radius 3 is 2.38 bits per heavy atom. The summed E-state index contributed by atoms with van der Waals surface area (Å²) >= 11 is 0. The third-order valence-corrected chi connectivity index (χ3v) is 10.1. The molecule has 166 valence electrons. The van der Waals surface area contributed by atoms with E-state index in [0.29, 0.717) is 0 Å². The van der Waals surface area contributed by atoms with Crippen molar-refractivity contribution >= 4 is 15.9 Å². The number of ether oxygens (including phenoxy) is 3. The second kappa shape index (κ2) is 8.56. The predicted octanol–water partition coefficient (Wildman–Crippen LogP) is 0.949. The lowest BCUT2D eigenvalue weighted by Crippen LogP contribution is -2.50. The Kier molecular flexibility index (Phi) is 7.13. The second-order valence-electron chi connectivity index (χ2n) is 8.42. The fourth-order valence-electron chi connectivity index (χ4n) is 2.66. The average Bonchev–Trinajstić information content (AvgIpc) is 2.88. The number of aromatic amines is 1. The van der Waals surface area contributed by atoms with Crippen LogP contribution in [-0.4, -0.2) is 59.6 Å². The van der Waals surface area contributed by atoms with Gasteiger partial charge in [-0.1, -0.05) is 20.8 Å². The van der Waals surface area contributed by atoms with E-state index < -0.39 is 58.2 Å². The topological polar surface area (TPSA) is 149 Å². The van der Waals surface area contributed by atoms with Crippen LogP contribution in [0, 0.1) is 0 Å². The van der Waals surface area contributed by atoms with Crippen LogP contribution in [0.3, 0.4) is 0 Å². The highest BCUT2D eigenvalue weighted by atomic mass is 31.2. The van der Waals surface area contributed by atoms with Crippen LogP contribution < -0.4 is 11.2 Å². The van der Waals surface area contributed by atoms with Crippen molar-refractivity contribution in [3.05, 3.63) is 33.1 Å². The molecule has 0 spiro atoms. The number of rotatable bonds is 7. The molecule has 2 heterocycles. The number of hydrogen-bond donors (Lipinski definition) is 3. The molecular formula is C16H29N2O9PSi. The Labute approximate surface area is 169 Å². The SMILES string of the molecule is CO[C@@H]1[C@H](O[Si](C)(C)C(C)(C)C)[C@@H](OCP(=O)(O)O)O[C@H]1n1ccc(=O)[nH]c1=O. The highest BCUT2D eigenvalue weighted by Gasteiger charge is 2.52. The van der Waals surface area contributed by atoms with Crippen molar-refractivity contribution in [2.45, 2.75) is 63.6 Å². The average molecular weight is 452 g/mol. The third-order valence-electron chi connectivity index (χ3n) is 5.19. The van der Waals surface area contributed by atoms with Crippen molar-refractivity contribution in [3.63, 3.8) is 0 Å². The van der Waals surface area contributed by atoms with Gasteiger partial charge in [-0.25, -0.2) is 4.79 Å². The Bertz CT molecular complexity index is 872. The lowest BCUT2D eigenvalue weighted by Gasteiger charge is -2.40. The zero-order valence-electron chi connectivity index (χ0n) is 17.3. The monoisotopic (exact) mass is 452 g/mol. The van der Waals surface area contributed by atoms with Gasteiger partial charge in [-0.05, 0) is 18.1 Å². The lowest BCUT2D eigenvalue weighted by atomic mass is 10.2. The summed E-state index contributed by atoms with van der Waals surface area (Å²) in [7, 11) is -5.44. The van der Waals surface area contributed by atoms with E-state index in [1.807, 2.05) is 33.9 Å². The van der Waals surface area contributed by atoms with Gasteiger partial charge in [-0.15, -0.1) is 0 Å². The molecule has 1 aliphatic heterocycles. The first kappa shape index (κ1) is 24.2. The van der Waals surface area contributed by atoms with Crippen molar-refractivity contribution in [2.24, 2.45) is 0 Å². The minimum absolute atomic E-state index is 0.175. The van der Waals surface area contributed by atoms with Crippen molar-refractivity contribution in [3.8, 4) is 0 Å². The van der Waals surface area contributed by atoms with E-state index in [2.05, 4.69) is 4.98 Å². The lowest BCUT2D eigenvalue weighted by molar-refractivity contribution is -0.166. The molecule has 0 aromatic carbocycles. The number of aromatic nitrogens is 2. The van der Waals surface area contributed by atoms with Crippen molar-refractivity contribution in [1.82, 2.24) is 9.55 Å². The maximum atomic E-state index is 12.2. The summed E-state index contributed by atoms with van der Waals surface area (Å²) in [4.78, 5) is 44.1. The quantitative estimate of drug-likeness (QED) is 0.406. The second-order valence-corrected chi connectivity index (χ2v) is 14.8. The maximum Gasteiger partial charge on any atom is 0.351 e. The van der Waals surface area contributed by atoms with Crippen LogP contribution in [0.5, 0.6) is 0 Å². The Balaban J connectivity index is 2.42. The molecule has 0 amide bonds. The fraction of sp³-hybridized carbons (Fsp3) is 0.750. The first-order chi connectivity index (χ1) is 13.2. The Morgan fingerprint density at radius 1 is 1.28 bits per heavy atom. The van der Waals surface area contributed by atoms with E-state index in [9.17, 15) is 23.9 Å². The maximum absolute atomic E-state index is 12.2. The van der Waals surface area contributed by atoms with E-state index in [-0.39, 0.29) is 5.04 Å². The van der Waals surface area contributed by atoms with Gasteiger partial charge in [-0.2, -0.15) is 0 Å². The van der Waals surface area contributed by atoms with Crippen molar-refractivity contribution in [2.75, 3.05) is 13.5 Å². The molecule has 1 saturated heterocycles. The molecule has 2 rings (SSSR count). The molecule has 0 bridgehead atoms. The highest BCUT2D eigenvalue weighted by Crippen LogP contribution is 2.43. The summed E-state index contributed by atoms with van der Waals surface area (Å²) in [5.74, 6) is 0. The third kappa shape index (κ3) is 5.73. The molecule has 0 aliphatic carbocycles. The standard InChI is InChI=1S/C16H29N2O9PSi/c1-16(2,3)29(5,6)27-12-11(24-4)13(18-8-7-10(19)17-15(18)20)26-14(12)25-9-28(21,22)23/h7-8,11-14H,9H2,1-6H3,(H,17,19,20)(H2,21,22,23)/t11-,12+,13-,14+/m1/s1. The molecule has 1 fully saturated rings. The van der Waals surface area contributed by atoms with Crippen LogP contribution in [0.25, 0.3) is 0 Å². The number of nitrogens with zero attached hydrogens (tertiary/aromatic N) is 1. The summed E-state index contributed by atoms with van der Waals surface area (Å²) in [6, 6.07) is 1.16. The van der Waals surface area contributed by atoms with Gasteiger partial charge >= 0.3 is 13.3 Å². The van der Waals surface area contributed by atoms with Gasteiger partial charge in [0, 0.05) is 19.4 Å². The zero-order chi connectivity index (χ0) is 22.2. The van der Waals surface area contributed by atoms with Gasteiger partial charge in [0.15, 0.2) is 27.2 Å². The van der Waals surface area contributed by atoms with Crippen molar-refractivity contribution < 1.29 is 33.0 Å². The van der Waals surface area contributed by atoms with Crippen molar-refractivity contribution in [1.29, 1.82) is 0 Å². The molecule has 0 radical (unpaired) electrons. The van der Waals surface area contributed by atoms with E-state index in [1.165, 1.54) is 13.3 Å². The van der Waals surface area contributed by atoms with Crippen LogP contribution in [-0.2, 0) is 23.2 Å². The molecule has 1 aliphatic rings. The van der Waals surface area contributed by atoms with Gasteiger partial charge in [0.25, 0.3) is 5.56 Å². The Morgan fingerprint density at radius 2 is 1.90 bits per heavy atom. The summed E-state index contributed by atoms with van der Waals surface area (Å²) in [5, 5.41) is -0.175. The van der Waals surface area contributed by atoms with Crippen LogP contribution in [0.2, 0.25) is 18.1 Å². The van der Waals surface area contributed by atoms with E-state index in [1.54, 1.807) is 0 Å². The van der Waals surface area contributed by atoms with Gasteiger partial charge in [0.05, 0.1) is 0 Å². The number of nitrogens with one attached hydrogen (secondary N) is 1. The number of H-pyrrole nitrogens is 1. The molecule has 0 unspecified atom stereocenters. The largest absolute Gasteiger partial charge is 0.406 e. The number of hydrogen-bond acceptors (Lipinski definition) is 7. The van der Waals surface area contributed by atoms with Crippen LogP contribution in [0.15, 0.2) is 21.9 Å². The van der Waals surface area contributed by atoms with Gasteiger partial charge in [-0.3, -0.25) is 18.9 Å². The summed E-state index contributed by atoms with van der Waals surface area (Å²) in [6.45, 7) is 10.1. The van der Waals surface area contributed by atoms with Crippen LogP contribution in [0.4, 0.5) is 0 Å². The molecule has 3 N–H and O–H groups in total. The van der Waals surface area contributed by atoms with E-state index in [0.717, 1.165) is 10.6 Å². The predicted molar refractivity (Wildman–Crippen MR) is 106 cm³/mol. The minimum atomic E-state index is -4.47. The molecular weight excluding hydrogens is 423 g/mol. The molecule has 13 heteroatoms. The fourth-order valence-corrected chi connectivity index (χ4v) is 4.28. The molecule has 29 heavy (non-hydrogen) atoms. The summed E-state index contributed by atoms with van der Waals surface area (Å²) < 4.78 is 35.5. The van der Waals surface area contributed by atoms with Gasteiger partial charge in [0.1, 0.15) is 12.2 Å². The Hall–Kier alpha value is -1.11. The van der Waals surface area contributed by atoms with Gasteiger partial charge in [0.2, 0.25) is 0 Å². The van der Waals surface area contributed by atoms with Crippen LogP contribution in [0.1, 0.15) is 27.0 Å². The summed E-state index contributed by atoms with van der Waals surface area (Å²) in [6.07, 6.45) is -3.51. The zero-order valence-corrected chi connectivity index (χ0v) is 19.2. The molecule has 11 nitrogen and oxygen atoms in total. The van der Waals surface area contributed by atoms with E-state index >= 15 is 0 Å². The normalized spacial score (nSPS) is 26.1. The number of methoxy groups -OCH3 is 1. The molecule has 1 aromatic heterocycles. The first-order valence-corrected chi connectivity index (χ1v) is 13.7. The van der Waals surface area contributed by atoms with Gasteiger partial charge < -0.3 is 28.4 Å². The van der Waals surface area contributed by atoms with E-state index in [4.69, 9.17) is 18.6 Å². The summed E-state index contributed by atoms with van der Waals surface area (Å²) in [5.41, 5.74) is -1.28. The smallest absolute Gasteiger partial charge is 0.351 e. The molecule has 0 saturated carbocycles. The minimum Gasteiger partial charge on any atom is -0.406 e. The molecule has 1 aromatic rings. The highest BCUT2D eigenvalue weighted by molar-refractivity contribution is 7.51.